The summed E-state index contributed by atoms with van der Waals surface area (Å²) in [5, 5.41) is 0. The summed E-state index contributed by atoms with van der Waals surface area (Å²) in [5.41, 5.74) is 0.544. The van der Waals surface area contributed by atoms with Gasteiger partial charge in [0, 0.05) is 0 Å². The van der Waals surface area contributed by atoms with Crippen LogP contribution in [-0.2, 0) is 16.5 Å². The Labute approximate surface area is 205 Å². The zero-order valence-electron chi connectivity index (χ0n) is 16.3. The van der Waals surface area contributed by atoms with E-state index < -0.39 is 10.1 Å². The van der Waals surface area contributed by atoms with Crippen LogP contribution in [0, 0.1) is 0 Å². The second kappa shape index (κ2) is 13.1. The maximum absolute atomic E-state index is 11.8. The van der Waals surface area contributed by atoms with Crippen molar-refractivity contribution in [1.29, 1.82) is 0 Å². The third-order valence-corrected chi connectivity index (χ3v) is 5.29. The smallest absolute Gasteiger partial charge is 0.744 e. The van der Waals surface area contributed by atoms with Gasteiger partial charge in [-0.25, -0.2) is 8.42 Å². The number of rotatable bonds is 11. The zero-order valence-corrected chi connectivity index (χ0v) is 20.3. The van der Waals surface area contributed by atoms with Crippen molar-refractivity contribution in [3.8, 4) is 11.5 Å². The fraction of sp³-hybridized carbons (Fsp3) is 0.429. The van der Waals surface area contributed by atoms with Crippen LogP contribution in [0.4, 0.5) is 0 Å². The number of hydrogen-bond acceptors (Lipinski definition) is 4. The fourth-order valence-corrected chi connectivity index (χ4v) is 3.86. The molecule has 2 aromatic carbocycles. The summed E-state index contributed by atoms with van der Waals surface area (Å²) >= 11 is 0. The number of hydrogen-bond donors (Lipinski definition) is 0. The van der Waals surface area contributed by atoms with Gasteiger partial charge < -0.3 is 9.29 Å². The monoisotopic (exact) mass is 414 g/mol. The molecule has 0 bridgehead atoms. The molecule has 0 amide bonds. The van der Waals surface area contributed by atoms with Crippen molar-refractivity contribution in [3.63, 3.8) is 0 Å². The Kier molecular flexibility index (Phi) is 12.0. The number of benzene rings is 2. The van der Waals surface area contributed by atoms with Crippen molar-refractivity contribution in [1.82, 2.24) is 0 Å². The van der Waals surface area contributed by atoms with E-state index in [4.69, 9.17) is 4.74 Å². The Hall–Kier alpha value is -0.214. The van der Waals surface area contributed by atoms with Crippen molar-refractivity contribution in [3.05, 3.63) is 54.1 Å². The Morgan fingerprint density at radius 3 is 2.11 bits per heavy atom. The molecule has 0 aliphatic heterocycles. The van der Waals surface area contributed by atoms with Crippen molar-refractivity contribution in [2.24, 2.45) is 0 Å². The van der Waals surface area contributed by atoms with Crippen LogP contribution in [0.2, 0.25) is 0 Å². The Morgan fingerprint density at radius 1 is 0.852 bits per heavy atom. The molecular formula is C21H27KO4S. The maximum Gasteiger partial charge on any atom is 1.00 e. The molecule has 2 aromatic rings. The topological polar surface area (TPSA) is 66.4 Å². The summed E-state index contributed by atoms with van der Waals surface area (Å²) < 4.78 is 41.2. The van der Waals surface area contributed by atoms with Gasteiger partial charge in [-0.05, 0) is 36.6 Å². The van der Waals surface area contributed by atoms with Crippen LogP contribution in [0.15, 0.2) is 53.4 Å². The molecule has 0 radical (unpaired) electrons. The van der Waals surface area contributed by atoms with Crippen LogP contribution >= 0.6 is 0 Å². The van der Waals surface area contributed by atoms with Crippen LogP contribution < -0.4 is 56.1 Å². The van der Waals surface area contributed by atoms with Gasteiger partial charge in [0.15, 0.2) is 0 Å². The minimum absolute atomic E-state index is 0. The first kappa shape index (κ1) is 24.8. The molecule has 4 nitrogen and oxygen atoms in total. The molecule has 142 valence electrons. The zero-order chi connectivity index (χ0) is 18.8. The molecule has 27 heavy (non-hydrogen) atoms. The van der Waals surface area contributed by atoms with Gasteiger partial charge in [-0.1, -0.05) is 75.8 Å². The van der Waals surface area contributed by atoms with Gasteiger partial charge in [-0.2, -0.15) is 0 Å². The third kappa shape index (κ3) is 8.77. The van der Waals surface area contributed by atoms with Crippen molar-refractivity contribution in [2.75, 3.05) is 0 Å². The average Bonchev–Trinajstić information content (AvgIpc) is 2.61. The first-order valence-corrected chi connectivity index (χ1v) is 10.7. The normalized spacial score (nSPS) is 11.0. The van der Waals surface area contributed by atoms with Crippen LogP contribution in [0.1, 0.15) is 57.4 Å². The van der Waals surface area contributed by atoms with E-state index in [1.54, 1.807) is 36.4 Å². The summed E-state index contributed by atoms with van der Waals surface area (Å²) in [7, 11) is -4.61. The van der Waals surface area contributed by atoms with Gasteiger partial charge in [0.1, 0.15) is 26.5 Å². The van der Waals surface area contributed by atoms with E-state index in [1.807, 2.05) is 6.07 Å². The van der Waals surface area contributed by atoms with Gasteiger partial charge in [0.05, 0.1) is 0 Å². The molecule has 6 heteroatoms. The molecule has 0 heterocycles. The molecule has 0 atom stereocenters. The Bertz CT molecular complexity index is 776. The second-order valence-corrected chi connectivity index (χ2v) is 7.80. The van der Waals surface area contributed by atoms with Crippen molar-refractivity contribution >= 4 is 10.1 Å². The fourth-order valence-electron chi connectivity index (χ4n) is 3.01. The first-order chi connectivity index (χ1) is 12.5. The predicted molar refractivity (Wildman–Crippen MR) is 103 cm³/mol. The molecule has 0 N–H and O–H groups in total. The molecule has 0 aliphatic carbocycles. The van der Waals surface area contributed by atoms with E-state index in [0.29, 0.717) is 17.7 Å². The van der Waals surface area contributed by atoms with Crippen LogP contribution in [-0.4, -0.2) is 13.0 Å². The molecule has 0 unspecified atom stereocenters. The molecular weight excluding hydrogens is 387 g/mol. The van der Waals surface area contributed by atoms with E-state index in [2.05, 4.69) is 6.92 Å². The van der Waals surface area contributed by atoms with Gasteiger partial charge >= 0.3 is 51.4 Å². The van der Waals surface area contributed by atoms with E-state index in [1.165, 1.54) is 31.7 Å². The van der Waals surface area contributed by atoms with Crippen molar-refractivity contribution in [2.45, 2.75) is 63.2 Å². The van der Waals surface area contributed by atoms with E-state index in [9.17, 15) is 13.0 Å². The van der Waals surface area contributed by atoms with Crippen molar-refractivity contribution < 1.29 is 69.1 Å². The summed E-state index contributed by atoms with van der Waals surface area (Å²) in [6.45, 7) is 2.19. The van der Waals surface area contributed by atoms with Crippen LogP contribution in [0.5, 0.6) is 11.5 Å². The van der Waals surface area contributed by atoms with E-state index >= 15 is 0 Å². The van der Waals surface area contributed by atoms with Crippen LogP contribution in [0.3, 0.4) is 0 Å². The standard InChI is InChI=1S/C21H28O4S.K/c1-2-3-4-5-6-7-9-13-18-14-12-17-20(21(18)26(22,23)24)25-19-15-10-8-11-16-19;/h8,10-12,14-17H,2-7,9,13H2,1H3,(H,22,23,24);/q;+1/p-1. The van der Waals surface area contributed by atoms with Gasteiger partial charge in [0.25, 0.3) is 0 Å². The summed E-state index contributed by atoms with van der Waals surface area (Å²) in [6, 6.07) is 13.9. The number of para-hydroxylation sites is 1. The molecule has 0 fully saturated rings. The van der Waals surface area contributed by atoms with Gasteiger partial charge in [-0.15, -0.1) is 0 Å². The summed E-state index contributed by atoms with van der Waals surface area (Å²) in [5.74, 6) is 0.608. The van der Waals surface area contributed by atoms with E-state index in [0.717, 1.165) is 19.3 Å². The summed E-state index contributed by atoms with van der Waals surface area (Å²) in [4.78, 5) is -0.227. The Balaban J connectivity index is 0.00000364. The number of ether oxygens (including phenoxy) is 1. The van der Waals surface area contributed by atoms with Gasteiger partial charge in [0.2, 0.25) is 0 Å². The SMILES string of the molecule is CCCCCCCCCc1cccc(Oc2ccccc2)c1S(=O)(=O)[O-].[K+]. The van der Waals surface area contributed by atoms with E-state index in [-0.39, 0.29) is 62.0 Å². The summed E-state index contributed by atoms with van der Waals surface area (Å²) in [6.07, 6.45) is 8.54. The maximum atomic E-state index is 11.8. The molecule has 0 aliphatic rings. The molecule has 0 saturated heterocycles. The minimum atomic E-state index is -4.61. The van der Waals surface area contributed by atoms with Gasteiger partial charge in [-0.3, -0.25) is 0 Å². The molecule has 0 aromatic heterocycles. The predicted octanol–water partition coefficient (Wildman–Crippen LogP) is 2.68. The molecule has 2 rings (SSSR count). The molecule has 0 saturated carbocycles. The number of unbranched alkanes of at least 4 members (excludes halogenated alkanes) is 6. The second-order valence-electron chi connectivity index (χ2n) is 6.48. The minimum Gasteiger partial charge on any atom is -0.744 e. The largest absolute Gasteiger partial charge is 1.00 e. The molecule has 0 spiro atoms. The number of aryl methyl sites for hydroxylation is 1. The third-order valence-electron chi connectivity index (χ3n) is 4.33. The first-order valence-electron chi connectivity index (χ1n) is 9.33. The average molecular weight is 415 g/mol. The van der Waals surface area contributed by atoms with Crippen LogP contribution in [0.25, 0.3) is 0 Å². The Morgan fingerprint density at radius 2 is 1.48 bits per heavy atom. The quantitative estimate of drug-likeness (QED) is 0.322.